The lowest BCUT2D eigenvalue weighted by Crippen LogP contribution is -2.46. The maximum Gasteiger partial charge on any atom is 0.230 e. The van der Waals surface area contributed by atoms with Gasteiger partial charge in [-0.2, -0.15) is 0 Å². The first-order valence-corrected chi connectivity index (χ1v) is 11.6. The Morgan fingerprint density at radius 3 is 2.57 bits per heavy atom. The molecule has 3 rings (SSSR count). The number of hydrogen-bond donors (Lipinski definition) is 1. The van der Waals surface area contributed by atoms with Crippen LogP contribution in [0.5, 0.6) is 0 Å². The van der Waals surface area contributed by atoms with Gasteiger partial charge in [-0.15, -0.1) is 0 Å². The fraction of sp³-hybridized carbons (Fsp3) is 0.737. The van der Waals surface area contributed by atoms with E-state index in [9.17, 15) is 4.79 Å². The Bertz CT molecular complexity index is 635. The third-order valence-electron chi connectivity index (χ3n) is 5.34. The molecule has 0 aliphatic carbocycles. The minimum absolute atomic E-state index is 0.0173. The molecule has 0 bridgehead atoms. The number of halogens is 1. The topological polar surface area (TPSA) is 64.6 Å². The van der Waals surface area contributed by atoms with E-state index in [2.05, 4.69) is 36.9 Å². The number of nitrogens with zero attached hydrogens (tertiary/aromatic N) is 5. The molecule has 2 fully saturated rings. The number of hydrogen-bond acceptors (Lipinski definition) is 7. The van der Waals surface area contributed by atoms with Crippen LogP contribution in [0.15, 0.2) is 11.2 Å². The minimum atomic E-state index is 0.0173. The fourth-order valence-electron chi connectivity index (χ4n) is 3.62. The molecule has 1 aromatic heterocycles. The van der Waals surface area contributed by atoms with Crippen LogP contribution in [0, 0.1) is 0 Å². The van der Waals surface area contributed by atoms with Gasteiger partial charge in [0.25, 0.3) is 0 Å². The highest BCUT2D eigenvalue weighted by atomic mass is 35.5. The number of likely N-dealkylation sites (tertiary alicyclic amines) is 1. The zero-order chi connectivity index (χ0) is 19.8. The third-order valence-corrected chi connectivity index (χ3v) is 6.38. The van der Waals surface area contributed by atoms with Crippen molar-refractivity contribution in [1.82, 2.24) is 25.1 Å². The smallest absolute Gasteiger partial charge is 0.230 e. The summed E-state index contributed by atoms with van der Waals surface area (Å²) >= 11 is 7.55. The normalized spacial score (nSPS) is 19.0. The number of piperazine rings is 1. The Balaban J connectivity index is 1.43. The highest BCUT2D eigenvalue weighted by Gasteiger charge is 2.18. The van der Waals surface area contributed by atoms with E-state index in [0.29, 0.717) is 22.6 Å². The number of amides is 1. The number of thioether (sulfide) groups is 1. The average molecular weight is 427 g/mol. The van der Waals surface area contributed by atoms with E-state index in [-0.39, 0.29) is 5.91 Å². The molecule has 2 saturated heterocycles. The van der Waals surface area contributed by atoms with Crippen LogP contribution in [-0.2, 0) is 4.79 Å². The standard InChI is InChI=1S/C19H31ClN6OS/c1-2-24-10-12-26(13-11-24)17-14-16(20)22-19(23-17)28-15-18(27)21-6-9-25-7-4-3-5-8-25/h14H,2-13,15H2,1H3,(H,21,27). The van der Waals surface area contributed by atoms with Gasteiger partial charge in [-0.05, 0) is 32.5 Å². The fourth-order valence-corrected chi connectivity index (χ4v) is 4.53. The van der Waals surface area contributed by atoms with Crippen molar-refractivity contribution in [3.8, 4) is 0 Å². The van der Waals surface area contributed by atoms with Gasteiger partial charge in [-0.1, -0.05) is 36.7 Å². The van der Waals surface area contributed by atoms with E-state index in [4.69, 9.17) is 11.6 Å². The van der Waals surface area contributed by atoms with Crippen LogP contribution in [0.1, 0.15) is 26.2 Å². The molecule has 28 heavy (non-hydrogen) atoms. The van der Waals surface area contributed by atoms with E-state index in [1.165, 1.54) is 31.0 Å². The molecule has 0 radical (unpaired) electrons. The van der Waals surface area contributed by atoms with Crippen molar-refractivity contribution in [2.24, 2.45) is 0 Å². The van der Waals surface area contributed by atoms with E-state index in [1.807, 2.05) is 6.07 Å². The molecular formula is C19H31ClN6OS. The first kappa shape index (κ1) is 21.6. The summed E-state index contributed by atoms with van der Waals surface area (Å²) in [6.45, 7) is 11.1. The second-order valence-electron chi connectivity index (χ2n) is 7.29. The van der Waals surface area contributed by atoms with Gasteiger partial charge in [0.15, 0.2) is 5.16 Å². The lowest BCUT2D eigenvalue weighted by atomic mass is 10.1. The summed E-state index contributed by atoms with van der Waals surface area (Å²) in [6.07, 6.45) is 3.87. The van der Waals surface area contributed by atoms with Gasteiger partial charge < -0.3 is 20.0 Å². The van der Waals surface area contributed by atoms with Crippen molar-refractivity contribution in [3.63, 3.8) is 0 Å². The number of nitrogens with one attached hydrogen (secondary N) is 1. The van der Waals surface area contributed by atoms with Crippen LogP contribution < -0.4 is 10.2 Å². The van der Waals surface area contributed by atoms with E-state index >= 15 is 0 Å². The number of piperidine rings is 1. The van der Waals surface area contributed by atoms with Crippen LogP contribution in [0.4, 0.5) is 5.82 Å². The van der Waals surface area contributed by atoms with Crippen LogP contribution in [0.25, 0.3) is 0 Å². The molecule has 1 N–H and O–H groups in total. The summed E-state index contributed by atoms with van der Waals surface area (Å²) < 4.78 is 0. The molecule has 9 heteroatoms. The summed E-state index contributed by atoms with van der Waals surface area (Å²) in [4.78, 5) is 28.1. The summed E-state index contributed by atoms with van der Waals surface area (Å²) in [5.41, 5.74) is 0. The quantitative estimate of drug-likeness (QED) is 0.387. The maximum absolute atomic E-state index is 12.1. The van der Waals surface area contributed by atoms with Gasteiger partial charge in [0.2, 0.25) is 5.91 Å². The van der Waals surface area contributed by atoms with E-state index in [1.54, 1.807) is 0 Å². The zero-order valence-corrected chi connectivity index (χ0v) is 18.3. The molecule has 0 saturated carbocycles. The van der Waals surface area contributed by atoms with E-state index < -0.39 is 0 Å². The third kappa shape index (κ3) is 6.76. The lowest BCUT2D eigenvalue weighted by Gasteiger charge is -2.34. The van der Waals surface area contributed by atoms with Gasteiger partial charge in [-0.25, -0.2) is 9.97 Å². The first-order chi connectivity index (χ1) is 13.6. The maximum atomic E-state index is 12.1. The van der Waals surface area contributed by atoms with Crippen molar-refractivity contribution >= 4 is 35.1 Å². The molecule has 156 valence electrons. The Labute approximate surface area is 177 Å². The monoisotopic (exact) mass is 426 g/mol. The Hall–Kier alpha value is -1.09. The summed E-state index contributed by atoms with van der Waals surface area (Å²) in [7, 11) is 0. The Kier molecular flexibility index (Phi) is 8.64. The van der Waals surface area contributed by atoms with Crippen molar-refractivity contribution in [2.75, 3.05) is 69.6 Å². The SMILES string of the molecule is CCN1CCN(c2cc(Cl)nc(SCC(=O)NCCN3CCCCC3)n2)CC1. The summed E-state index contributed by atoms with van der Waals surface area (Å²) in [5, 5.41) is 3.99. The second kappa shape index (κ2) is 11.2. The molecule has 0 spiro atoms. The number of aromatic nitrogens is 2. The molecule has 3 heterocycles. The van der Waals surface area contributed by atoms with Crippen LogP contribution >= 0.6 is 23.4 Å². The van der Waals surface area contributed by atoms with Gasteiger partial charge in [-0.3, -0.25) is 4.79 Å². The van der Waals surface area contributed by atoms with Crippen LogP contribution in [0.2, 0.25) is 5.15 Å². The average Bonchev–Trinajstić information content (AvgIpc) is 2.73. The Morgan fingerprint density at radius 2 is 1.86 bits per heavy atom. The molecular weight excluding hydrogens is 396 g/mol. The largest absolute Gasteiger partial charge is 0.354 e. The van der Waals surface area contributed by atoms with Gasteiger partial charge in [0.1, 0.15) is 11.0 Å². The predicted octanol–water partition coefficient (Wildman–Crippen LogP) is 1.97. The summed E-state index contributed by atoms with van der Waals surface area (Å²) in [5.74, 6) is 1.18. The predicted molar refractivity (Wildman–Crippen MR) is 115 cm³/mol. The van der Waals surface area contributed by atoms with Gasteiger partial charge >= 0.3 is 0 Å². The molecule has 1 aromatic rings. The number of rotatable bonds is 8. The number of carbonyl (C=O) groups excluding carboxylic acids is 1. The van der Waals surface area contributed by atoms with E-state index in [0.717, 1.165) is 58.2 Å². The Morgan fingerprint density at radius 1 is 1.11 bits per heavy atom. The molecule has 2 aliphatic heterocycles. The van der Waals surface area contributed by atoms with Gasteiger partial charge in [0.05, 0.1) is 5.75 Å². The van der Waals surface area contributed by atoms with Crippen molar-refractivity contribution in [2.45, 2.75) is 31.3 Å². The highest BCUT2D eigenvalue weighted by Crippen LogP contribution is 2.22. The molecule has 0 aromatic carbocycles. The molecule has 0 atom stereocenters. The first-order valence-electron chi connectivity index (χ1n) is 10.3. The number of carbonyl (C=O) groups is 1. The van der Waals surface area contributed by atoms with Crippen molar-refractivity contribution in [1.29, 1.82) is 0 Å². The highest BCUT2D eigenvalue weighted by molar-refractivity contribution is 7.99. The molecule has 0 unspecified atom stereocenters. The van der Waals surface area contributed by atoms with Crippen molar-refractivity contribution in [3.05, 3.63) is 11.2 Å². The molecule has 1 amide bonds. The molecule has 7 nitrogen and oxygen atoms in total. The summed E-state index contributed by atoms with van der Waals surface area (Å²) in [6, 6.07) is 1.81. The van der Waals surface area contributed by atoms with Crippen LogP contribution in [0.3, 0.4) is 0 Å². The zero-order valence-electron chi connectivity index (χ0n) is 16.7. The lowest BCUT2D eigenvalue weighted by molar-refractivity contribution is -0.118. The molecule has 2 aliphatic rings. The second-order valence-corrected chi connectivity index (χ2v) is 8.62. The van der Waals surface area contributed by atoms with Crippen molar-refractivity contribution < 1.29 is 4.79 Å². The minimum Gasteiger partial charge on any atom is -0.354 e. The number of anilines is 1. The van der Waals surface area contributed by atoms with Gasteiger partial charge in [0, 0.05) is 45.3 Å². The number of likely N-dealkylation sites (N-methyl/N-ethyl adjacent to an activating group) is 1. The van der Waals surface area contributed by atoms with Crippen LogP contribution in [-0.4, -0.2) is 90.3 Å².